The first-order valence-electron chi connectivity index (χ1n) is 4.70. The van der Waals surface area contributed by atoms with E-state index < -0.39 is 5.97 Å². The molecule has 5 nitrogen and oxygen atoms in total. The SMILES string of the molecule is O=C(Nc1ccsc1)c1ccc(C(=O)O)nc1. The van der Waals surface area contributed by atoms with Crippen molar-refractivity contribution in [2.24, 2.45) is 0 Å². The minimum atomic E-state index is -1.12. The molecule has 0 aliphatic rings. The summed E-state index contributed by atoms with van der Waals surface area (Å²) in [5.74, 6) is -1.43. The summed E-state index contributed by atoms with van der Waals surface area (Å²) < 4.78 is 0. The number of thiophene rings is 1. The molecule has 0 aliphatic heterocycles. The van der Waals surface area contributed by atoms with E-state index >= 15 is 0 Å². The Balaban J connectivity index is 2.12. The van der Waals surface area contributed by atoms with Crippen molar-refractivity contribution in [1.82, 2.24) is 4.98 Å². The number of rotatable bonds is 3. The van der Waals surface area contributed by atoms with Crippen LogP contribution < -0.4 is 5.32 Å². The highest BCUT2D eigenvalue weighted by Crippen LogP contribution is 2.13. The smallest absolute Gasteiger partial charge is 0.354 e. The van der Waals surface area contributed by atoms with E-state index in [9.17, 15) is 9.59 Å². The van der Waals surface area contributed by atoms with Crippen LogP contribution in [0.5, 0.6) is 0 Å². The molecule has 2 aromatic rings. The highest BCUT2D eigenvalue weighted by Gasteiger charge is 2.09. The van der Waals surface area contributed by atoms with Gasteiger partial charge in [0.1, 0.15) is 5.69 Å². The van der Waals surface area contributed by atoms with Crippen molar-refractivity contribution in [1.29, 1.82) is 0 Å². The molecule has 6 heteroatoms. The third kappa shape index (κ3) is 2.67. The van der Waals surface area contributed by atoms with Crippen LogP contribution in [0.1, 0.15) is 20.8 Å². The molecule has 0 atom stereocenters. The zero-order valence-electron chi connectivity index (χ0n) is 8.58. The zero-order chi connectivity index (χ0) is 12.3. The van der Waals surface area contributed by atoms with Gasteiger partial charge in [0.2, 0.25) is 0 Å². The van der Waals surface area contributed by atoms with Crippen LogP contribution in [0.25, 0.3) is 0 Å². The third-order valence-electron chi connectivity index (χ3n) is 2.02. The second-order valence-electron chi connectivity index (χ2n) is 3.20. The molecular weight excluding hydrogens is 240 g/mol. The lowest BCUT2D eigenvalue weighted by molar-refractivity contribution is 0.0690. The number of hydrogen-bond acceptors (Lipinski definition) is 4. The number of aromatic nitrogens is 1. The van der Waals surface area contributed by atoms with Crippen molar-refractivity contribution in [3.8, 4) is 0 Å². The van der Waals surface area contributed by atoms with Crippen LogP contribution >= 0.6 is 11.3 Å². The molecule has 0 fully saturated rings. The van der Waals surface area contributed by atoms with Crippen molar-refractivity contribution >= 4 is 28.9 Å². The number of nitrogens with zero attached hydrogens (tertiary/aromatic N) is 1. The van der Waals surface area contributed by atoms with Crippen molar-refractivity contribution in [2.75, 3.05) is 5.32 Å². The van der Waals surface area contributed by atoms with Gasteiger partial charge in [0.05, 0.1) is 11.3 Å². The lowest BCUT2D eigenvalue weighted by Crippen LogP contribution is -2.12. The second-order valence-corrected chi connectivity index (χ2v) is 3.98. The van der Waals surface area contributed by atoms with Crippen molar-refractivity contribution in [3.05, 3.63) is 46.4 Å². The van der Waals surface area contributed by atoms with Gasteiger partial charge in [-0.25, -0.2) is 9.78 Å². The molecule has 0 saturated heterocycles. The van der Waals surface area contributed by atoms with Gasteiger partial charge >= 0.3 is 5.97 Å². The molecular formula is C11H8N2O3S. The minimum absolute atomic E-state index is 0.0860. The molecule has 0 spiro atoms. The van der Waals surface area contributed by atoms with Crippen LogP contribution in [-0.4, -0.2) is 22.0 Å². The number of aromatic carboxylic acids is 1. The van der Waals surface area contributed by atoms with E-state index in [0.29, 0.717) is 11.3 Å². The number of amides is 1. The van der Waals surface area contributed by atoms with Crippen LogP contribution in [0, 0.1) is 0 Å². The van der Waals surface area contributed by atoms with Gasteiger partial charge in [0.15, 0.2) is 0 Å². The summed E-state index contributed by atoms with van der Waals surface area (Å²) in [6.07, 6.45) is 1.24. The minimum Gasteiger partial charge on any atom is -0.477 e. The maximum absolute atomic E-state index is 11.7. The van der Waals surface area contributed by atoms with Crippen molar-refractivity contribution < 1.29 is 14.7 Å². The second kappa shape index (κ2) is 4.75. The molecule has 86 valence electrons. The fourth-order valence-corrected chi connectivity index (χ4v) is 1.78. The third-order valence-corrected chi connectivity index (χ3v) is 2.71. The van der Waals surface area contributed by atoms with Gasteiger partial charge in [-0.3, -0.25) is 4.79 Å². The summed E-state index contributed by atoms with van der Waals surface area (Å²) in [5.41, 5.74) is 0.945. The summed E-state index contributed by atoms with van der Waals surface area (Å²) >= 11 is 1.48. The molecule has 0 radical (unpaired) electrons. The molecule has 0 aromatic carbocycles. The van der Waals surface area contributed by atoms with E-state index in [0.717, 1.165) is 0 Å². The van der Waals surface area contributed by atoms with E-state index in [-0.39, 0.29) is 11.6 Å². The molecule has 0 bridgehead atoms. The van der Waals surface area contributed by atoms with Gasteiger partial charge in [-0.15, -0.1) is 0 Å². The molecule has 2 heterocycles. The molecule has 0 unspecified atom stereocenters. The van der Waals surface area contributed by atoms with Gasteiger partial charge in [-0.05, 0) is 23.6 Å². The van der Waals surface area contributed by atoms with Gasteiger partial charge in [-0.2, -0.15) is 11.3 Å². The number of nitrogens with one attached hydrogen (secondary N) is 1. The van der Waals surface area contributed by atoms with Gasteiger partial charge in [-0.1, -0.05) is 0 Å². The molecule has 2 N–H and O–H groups in total. The van der Waals surface area contributed by atoms with E-state index in [4.69, 9.17) is 5.11 Å². The number of carbonyl (C=O) groups is 2. The Labute approximate surface area is 101 Å². The summed E-state index contributed by atoms with van der Waals surface area (Å²) in [6.45, 7) is 0. The lowest BCUT2D eigenvalue weighted by atomic mass is 10.2. The summed E-state index contributed by atoms with van der Waals surface area (Å²) in [6, 6.07) is 4.50. The van der Waals surface area contributed by atoms with E-state index in [1.807, 2.05) is 5.38 Å². The van der Waals surface area contributed by atoms with E-state index in [1.54, 1.807) is 11.4 Å². The van der Waals surface area contributed by atoms with Gasteiger partial charge < -0.3 is 10.4 Å². The molecule has 0 saturated carbocycles. The number of pyridine rings is 1. The van der Waals surface area contributed by atoms with Crippen LogP contribution in [0.15, 0.2) is 35.2 Å². The Bertz CT molecular complexity index is 534. The number of carboxylic acid groups (broad SMARTS) is 1. The van der Waals surface area contributed by atoms with Gasteiger partial charge in [0.25, 0.3) is 5.91 Å². The molecule has 0 aliphatic carbocycles. The Morgan fingerprint density at radius 2 is 2.12 bits per heavy atom. The summed E-state index contributed by atoms with van der Waals surface area (Å²) in [4.78, 5) is 25.9. The highest BCUT2D eigenvalue weighted by molar-refractivity contribution is 7.08. The Morgan fingerprint density at radius 1 is 1.29 bits per heavy atom. The average Bonchev–Trinajstić information content (AvgIpc) is 2.82. The van der Waals surface area contributed by atoms with E-state index in [1.165, 1.54) is 29.7 Å². The lowest BCUT2D eigenvalue weighted by Gasteiger charge is -2.02. The monoisotopic (exact) mass is 248 g/mol. The molecule has 2 aromatic heterocycles. The topological polar surface area (TPSA) is 79.3 Å². The quantitative estimate of drug-likeness (QED) is 0.871. The predicted octanol–water partition coefficient (Wildman–Crippen LogP) is 2.09. The summed E-state index contributed by atoms with van der Waals surface area (Å²) in [5, 5.41) is 15.0. The molecule has 2 rings (SSSR count). The fourth-order valence-electron chi connectivity index (χ4n) is 1.19. The predicted molar refractivity (Wildman–Crippen MR) is 63.5 cm³/mol. The van der Waals surface area contributed by atoms with Gasteiger partial charge in [0, 0.05) is 11.6 Å². The van der Waals surface area contributed by atoms with Crippen LogP contribution in [0.3, 0.4) is 0 Å². The number of anilines is 1. The highest BCUT2D eigenvalue weighted by atomic mass is 32.1. The largest absolute Gasteiger partial charge is 0.477 e. The van der Waals surface area contributed by atoms with Crippen molar-refractivity contribution in [2.45, 2.75) is 0 Å². The first-order chi connectivity index (χ1) is 8.16. The number of carboxylic acids is 1. The first-order valence-corrected chi connectivity index (χ1v) is 5.64. The number of hydrogen-bond donors (Lipinski definition) is 2. The maximum Gasteiger partial charge on any atom is 0.354 e. The molecule has 1 amide bonds. The molecule has 17 heavy (non-hydrogen) atoms. The first kappa shape index (κ1) is 11.3. The Morgan fingerprint density at radius 3 is 2.65 bits per heavy atom. The van der Waals surface area contributed by atoms with Crippen LogP contribution in [0.2, 0.25) is 0 Å². The zero-order valence-corrected chi connectivity index (χ0v) is 9.40. The summed E-state index contributed by atoms with van der Waals surface area (Å²) in [7, 11) is 0. The van der Waals surface area contributed by atoms with Crippen LogP contribution in [0.4, 0.5) is 5.69 Å². The number of carbonyl (C=O) groups excluding carboxylic acids is 1. The maximum atomic E-state index is 11.7. The van der Waals surface area contributed by atoms with Crippen LogP contribution in [-0.2, 0) is 0 Å². The average molecular weight is 248 g/mol. The Kier molecular flexibility index (Phi) is 3.15. The van der Waals surface area contributed by atoms with Crippen molar-refractivity contribution in [3.63, 3.8) is 0 Å². The fraction of sp³-hybridized carbons (Fsp3) is 0. The Hall–Kier alpha value is -2.21. The normalized spacial score (nSPS) is 9.88. The van der Waals surface area contributed by atoms with E-state index in [2.05, 4.69) is 10.3 Å². The standard InChI is InChI=1S/C11H8N2O3S/c14-10(13-8-3-4-17-6-8)7-1-2-9(11(15)16)12-5-7/h1-6H,(H,13,14)(H,15,16).